The molecule has 2 aliphatic heterocycles. The Hall–Kier alpha value is -0.0800. The van der Waals surface area contributed by atoms with Crippen LogP contribution in [0.5, 0.6) is 0 Å². The van der Waals surface area contributed by atoms with E-state index >= 15 is 0 Å². The fourth-order valence-electron chi connectivity index (χ4n) is 0.751. The van der Waals surface area contributed by atoms with Gasteiger partial charge in [-0.2, -0.15) is 0 Å². The SMILES string of the molecule is CC1CO1.CCC1(C)COC1. The molecule has 2 aliphatic rings. The molecule has 66 valence electrons. The Morgan fingerprint density at radius 1 is 1.45 bits per heavy atom. The second-order valence-corrected chi connectivity index (χ2v) is 3.80. The molecular weight excluding hydrogens is 140 g/mol. The third-order valence-corrected chi connectivity index (χ3v) is 2.25. The first kappa shape index (κ1) is 9.01. The van der Waals surface area contributed by atoms with Gasteiger partial charge >= 0.3 is 0 Å². The second kappa shape index (κ2) is 3.55. The van der Waals surface area contributed by atoms with Crippen molar-refractivity contribution in [2.24, 2.45) is 5.41 Å². The van der Waals surface area contributed by atoms with Gasteiger partial charge in [0, 0.05) is 5.41 Å². The zero-order valence-electron chi connectivity index (χ0n) is 7.72. The average molecular weight is 158 g/mol. The molecule has 2 heterocycles. The van der Waals surface area contributed by atoms with E-state index in [0.717, 1.165) is 19.8 Å². The lowest BCUT2D eigenvalue weighted by Gasteiger charge is -2.36. The van der Waals surface area contributed by atoms with Crippen molar-refractivity contribution in [1.82, 2.24) is 0 Å². The highest BCUT2D eigenvalue weighted by atomic mass is 16.6. The predicted octanol–water partition coefficient (Wildman–Crippen LogP) is 1.84. The summed E-state index contributed by atoms with van der Waals surface area (Å²) in [6.45, 7) is 9.46. The first-order chi connectivity index (χ1) is 5.16. The van der Waals surface area contributed by atoms with Crippen molar-refractivity contribution in [1.29, 1.82) is 0 Å². The van der Waals surface area contributed by atoms with Crippen LogP contribution in [0.15, 0.2) is 0 Å². The minimum absolute atomic E-state index is 0.542. The lowest BCUT2D eigenvalue weighted by atomic mass is 9.86. The molecule has 11 heavy (non-hydrogen) atoms. The van der Waals surface area contributed by atoms with E-state index < -0.39 is 0 Å². The first-order valence-corrected chi connectivity index (χ1v) is 4.36. The smallest absolute Gasteiger partial charge is 0.0781 e. The summed E-state index contributed by atoms with van der Waals surface area (Å²) in [5, 5.41) is 0. The van der Waals surface area contributed by atoms with Crippen LogP contribution in [-0.2, 0) is 9.47 Å². The molecule has 0 aromatic carbocycles. The molecule has 2 saturated heterocycles. The molecular formula is C9H18O2. The third-order valence-electron chi connectivity index (χ3n) is 2.25. The molecule has 2 heteroatoms. The Balaban J connectivity index is 0.000000128. The zero-order valence-corrected chi connectivity index (χ0v) is 7.72. The minimum atomic E-state index is 0.542. The highest BCUT2D eigenvalue weighted by molar-refractivity contribution is 4.78. The summed E-state index contributed by atoms with van der Waals surface area (Å²) < 4.78 is 9.74. The van der Waals surface area contributed by atoms with Crippen molar-refractivity contribution in [3.63, 3.8) is 0 Å². The van der Waals surface area contributed by atoms with Gasteiger partial charge in [0.15, 0.2) is 0 Å². The van der Waals surface area contributed by atoms with E-state index in [2.05, 4.69) is 20.8 Å². The van der Waals surface area contributed by atoms with E-state index in [9.17, 15) is 0 Å². The fraction of sp³-hybridized carbons (Fsp3) is 1.00. The van der Waals surface area contributed by atoms with Gasteiger partial charge in [-0.1, -0.05) is 13.8 Å². The average Bonchev–Trinajstić information content (AvgIpc) is 2.68. The number of hydrogen-bond acceptors (Lipinski definition) is 2. The van der Waals surface area contributed by atoms with Crippen LogP contribution in [-0.4, -0.2) is 25.9 Å². The van der Waals surface area contributed by atoms with Gasteiger partial charge in [0.1, 0.15) is 0 Å². The van der Waals surface area contributed by atoms with Crippen LogP contribution < -0.4 is 0 Å². The van der Waals surface area contributed by atoms with Crippen LogP contribution in [0.4, 0.5) is 0 Å². The summed E-state index contributed by atoms with van der Waals surface area (Å²) in [6.07, 6.45) is 1.84. The van der Waals surface area contributed by atoms with Gasteiger partial charge in [0.2, 0.25) is 0 Å². The van der Waals surface area contributed by atoms with Gasteiger partial charge in [-0.15, -0.1) is 0 Å². The van der Waals surface area contributed by atoms with Crippen LogP contribution >= 0.6 is 0 Å². The molecule has 0 saturated carbocycles. The van der Waals surface area contributed by atoms with Gasteiger partial charge in [-0.25, -0.2) is 0 Å². The molecule has 0 aromatic rings. The van der Waals surface area contributed by atoms with Gasteiger partial charge in [-0.05, 0) is 13.3 Å². The van der Waals surface area contributed by atoms with E-state index in [-0.39, 0.29) is 0 Å². The highest BCUT2D eigenvalue weighted by Gasteiger charge is 2.30. The van der Waals surface area contributed by atoms with Gasteiger partial charge < -0.3 is 9.47 Å². The van der Waals surface area contributed by atoms with E-state index in [1.54, 1.807) is 0 Å². The van der Waals surface area contributed by atoms with Crippen molar-refractivity contribution < 1.29 is 9.47 Å². The molecule has 0 aromatic heterocycles. The normalized spacial score (nSPS) is 31.4. The number of epoxide rings is 1. The van der Waals surface area contributed by atoms with E-state index in [4.69, 9.17) is 9.47 Å². The summed E-state index contributed by atoms with van der Waals surface area (Å²) in [5.41, 5.74) is 0.542. The molecule has 2 rings (SSSR count). The fourth-order valence-corrected chi connectivity index (χ4v) is 0.751. The van der Waals surface area contributed by atoms with Crippen LogP contribution in [0.25, 0.3) is 0 Å². The third kappa shape index (κ3) is 3.21. The Kier molecular flexibility index (Phi) is 2.90. The van der Waals surface area contributed by atoms with Crippen LogP contribution in [0.2, 0.25) is 0 Å². The number of rotatable bonds is 1. The van der Waals surface area contributed by atoms with Gasteiger partial charge in [-0.3, -0.25) is 0 Å². The minimum Gasteiger partial charge on any atom is -0.380 e. The Bertz CT molecular complexity index is 109. The first-order valence-electron chi connectivity index (χ1n) is 4.36. The summed E-state index contributed by atoms with van der Waals surface area (Å²) >= 11 is 0. The molecule has 0 radical (unpaired) electrons. The summed E-state index contributed by atoms with van der Waals surface area (Å²) in [6, 6.07) is 0. The Morgan fingerprint density at radius 3 is 1.91 bits per heavy atom. The molecule has 2 fully saturated rings. The monoisotopic (exact) mass is 158 g/mol. The summed E-state index contributed by atoms with van der Waals surface area (Å²) in [5.74, 6) is 0. The maximum atomic E-state index is 5.03. The molecule has 0 aliphatic carbocycles. The molecule has 0 N–H and O–H groups in total. The van der Waals surface area contributed by atoms with E-state index in [1.807, 2.05) is 0 Å². The molecule has 1 atom stereocenters. The van der Waals surface area contributed by atoms with Crippen LogP contribution in [0.3, 0.4) is 0 Å². The molecule has 0 bridgehead atoms. The highest BCUT2D eigenvalue weighted by Crippen LogP contribution is 2.29. The van der Waals surface area contributed by atoms with Crippen molar-refractivity contribution in [3.8, 4) is 0 Å². The Morgan fingerprint density at radius 2 is 1.91 bits per heavy atom. The lowest BCUT2D eigenvalue weighted by Crippen LogP contribution is -2.38. The summed E-state index contributed by atoms with van der Waals surface area (Å²) in [4.78, 5) is 0. The molecule has 0 spiro atoms. The number of hydrogen-bond donors (Lipinski definition) is 0. The van der Waals surface area contributed by atoms with Crippen molar-refractivity contribution in [2.45, 2.75) is 33.3 Å². The van der Waals surface area contributed by atoms with Crippen LogP contribution in [0, 0.1) is 5.41 Å². The predicted molar refractivity (Wildman–Crippen MR) is 44.6 cm³/mol. The molecule has 0 amide bonds. The van der Waals surface area contributed by atoms with Crippen LogP contribution in [0.1, 0.15) is 27.2 Å². The topological polar surface area (TPSA) is 21.8 Å². The maximum Gasteiger partial charge on any atom is 0.0781 e. The molecule has 1 unspecified atom stereocenters. The quantitative estimate of drug-likeness (QED) is 0.543. The maximum absolute atomic E-state index is 5.03. The van der Waals surface area contributed by atoms with E-state index in [0.29, 0.717) is 11.5 Å². The van der Waals surface area contributed by atoms with Gasteiger partial charge in [0.05, 0.1) is 25.9 Å². The largest absolute Gasteiger partial charge is 0.380 e. The summed E-state index contributed by atoms with van der Waals surface area (Å²) in [7, 11) is 0. The number of ether oxygens (including phenoxy) is 2. The molecule has 2 nitrogen and oxygen atoms in total. The second-order valence-electron chi connectivity index (χ2n) is 3.80. The lowest BCUT2D eigenvalue weighted by molar-refractivity contribution is -0.103. The van der Waals surface area contributed by atoms with Crippen molar-refractivity contribution >= 4 is 0 Å². The van der Waals surface area contributed by atoms with E-state index in [1.165, 1.54) is 6.42 Å². The zero-order chi connectivity index (χ0) is 8.32. The van der Waals surface area contributed by atoms with Gasteiger partial charge in [0.25, 0.3) is 0 Å². The Labute approximate surface area is 68.9 Å². The standard InChI is InChI=1S/C6H12O.C3H6O/c1-3-6(2)4-7-5-6;1-3-2-4-3/h3-5H2,1-2H3;3H,2H2,1H3. The van der Waals surface area contributed by atoms with Crippen molar-refractivity contribution in [3.05, 3.63) is 0 Å². The van der Waals surface area contributed by atoms with Crippen molar-refractivity contribution in [2.75, 3.05) is 19.8 Å².